The zero-order valence-corrected chi connectivity index (χ0v) is 49.5. The summed E-state index contributed by atoms with van der Waals surface area (Å²) < 4.78 is 22.7. The molecule has 0 fully saturated rings. The summed E-state index contributed by atoms with van der Waals surface area (Å²) in [5, 5.41) is 11.8. The molecule has 74 heavy (non-hydrogen) atoms. The van der Waals surface area contributed by atoms with Crippen molar-refractivity contribution in [3.05, 3.63) is 36.5 Å². The summed E-state index contributed by atoms with van der Waals surface area (Å²) in [4.78, 5) is 37.2. The number of allylic oxidation sites excluding steroid dienone is 6. The minimum Gasteiger partial charge on any atom is -0.545 e. The second-order valence-corrected chi connectivity index (χ2v) is 22.7. The standard InChI is InChI=1S/C65H121NO8/c1-6-8-10-12-14-16-18-20-22-23-24-25-26-27-28-29-30-31-32-33-34-35-36-37-38-39-40-41-42-44-45-47-49-51-53-55-62(67)72-59-61(60-73-65(64(69)70)71-58-57-66(3,4)5)74-63(68)56-54-52-50-48-46-43-21-19-17-15-13-11-9-7-2/h13,15,19,21,23-24,61,65H,6-12,14,16-18,20,22,25-60H2,1-5H3/b15-13-,21-19-,24-23-. The molecule has 434 valence electrons. The molecule has 0 N–H and O–H groups in total. The predicted octanol–water partition coefficient (Wildman–Crippen LogP) is 17.5. The van der Waals surface area contributed by atoms with E-state index in [4.69, 9.17) is 18.9 Å². The van der Waals surface area contributed by atoms with Gasteiger partial charge in [0.15, 0.2) is 12.4 Å². The van der Waals surface area contributed by atoms with Gasteiger partial charge in [-0.1, -0.05) is 262 Å². The molecule has 9 nitrogen and oxygen atoms in total. The van der Waals surface area contributed by atoms with Crippen LogP contribution >= 0.6 is 0 Å². The Hall–Kier alpha value is -2.49. The number of hydrogen-bond acceptors (Lipinski definition) is 8. The number of carbonyl (C=O) groups excluding carboxylic acids is 3. The second kappa shape index (κ2) is 56.7. The Bertz CT molecular complexity index is 1310. The fourth-order valence-corrected chi connectivity index (χ4v) is 9.20. The van der Waals surface area contributed by atoms with Crippen LogP contribution in [-0.2, 0) is 33.3 Å². The molecule has 0 heterocycles. The number of likely N-dealkylation sites (N-methyl/N-ethyl adjacent to an activating group) is 1. The number of carboxylic acids is 1. The van der Waals surface area contributed by atoms with Gasteiger partial charge in [-0.2, -0.15) is 0 Å². The lowest BCUT2D eigenvalue weighted by Crippen LogP contribution is -2.44. The molecular weight excluding hydrogens is 923 g/mol. The summed E-state index contributed by atoms with van der Waals surface area (Å²) in [5.41, 5.74) is 0. The van der Waals surface area contributed by atoms with Crippen molar-refractivity contribution in [1.82, 2.24) is 0 Å². The third-order valence-electron chi connectivity index (χ3n) is 14.1. The lowest BCUT2D eigenvalue weighted by atomic mass is 10.0. The number of carboxylic acid groups (broad SMARTS) is 1. The summed E-state index contributed by atoms with van der Waals surface area (Å²) >= 11 is 0. The first-order chi connectivity index (χ1) is 36.1. The summed E-state index contributed by atoms with van der Waals surface area (Å²) in [7, 11) is 5.92. The summed E-state index contributed by atoms with van der Waals surface area (Å²) in [5.74, 6) is -2.29. The Labute approximate surface area is 458 Å². The molecule has 0 saturated heterocycles. The topological polar surface area (TPSA) is 111 Å². The first kappa shape index (κ1) is 71.5. The number of esters is 2. The highest BCUT2D eigenvalue weighted by Crippen LogP contribution is 2.18. The monoisotopic (exact) mass is 1040 g/mol. The van der Waals surface area contributed by atoms with E-state index in [1.165, 1.54) is 205 Å². The van der Waals surface area contributed by atoms with Crippen molar-refractivity contribution in [3.8, 4) is 0 Å². The van der Waals surface area contributed by atoms with Gasteiger partial charge in [0.2, 0.25) is 0 Å². The number of nitrogens with zero attached hydrogens (tertiary/aromatic N) is 1. The van der Waals surface area contributed by atoms with Crippen LogP contribution in [-0.4, -0.2) is 82.3 Å². The third kappa shape index (κ3) is 57.2. The number of carbonyl (C=O) groups is 3. The number of hydrogen-bond donors (Lipinski definition) is 0. The molecule has 0 radical (unpaired) electrons. The van der Waals surface area contributed by atoms with Crippen molar-refractivity contribution in [2.45, 2.75) is 315 Å². The lowest BCUT2D eigenvalue weighted by molar-refractivity contribution is -0.870. The first-order valence-electron chi connectivity index (χ1n) is 31.6. The van der Waals surface area contributed by atoms with E-state index in [0.717, 1.165) is 64.2 Å². The average Bonchev–Trinajstić information content (AvgIpc) is 3.37. The first-order valence-corrected chi connectivity index (χ1v) is 31.6. The summed E-state index contributed by atoms with van der Waals surface area (Å²) in [6, 6.07) is 0. The van der Waals surface area contributed by atoms with E-state index in [2.05, 4.69) is 50.3 Å². The molecule has 0 aliphatic rings. The Balaban J connectivity index is 3.97. The van der Waals surface area contributed by atoms with Crippen molar-refractivity contribution in [2.24, 2.45) is 0 Å². The van der Waals surface area contributed by atoms with Crippen LogP contribution in [0, 0.1) is 0 Å². The van der Waals surface area contributed by atoms with Crippen molar-refractivity contribution in [3.63, 3.8) is 0 Å². The highest BCUT2D eigenvalue weighted by molar-refractivity contribution is 5.70. The van der Waals surface area contributed by atoms with Crippen LogP contribution in [0.15, 0.2) is 36.5 Å². The molecular formula is C65H121NO8. The van der Waals surface area contributed by atoms with Gasteiger partial charge in [0.05, 0.1) is 40.3 Å². The van der Waals surface area contributed by atoms with Gasteiger partial charge in [-0.25, -0.2) is 0 Å². The van der Waals surface area contributed by atoms with Gasteiger partial charge in [0, 0.05) is 12.8 Å². The second-order valence-electron chi connectivity index (χ2n) is 22.7. The van der Waals surface area contributed by atoms with E-state index in [1.54, 1.807) is 0 Å². The molecule has 0 rings (SSSR count). The van der Waals surface area contributed by atoms with Crippen LogP contribution < -0.4 is 5.11 Å². The van der Waals surface area contributed by atoms with E-state index >= 15 is 0 Å². The van der Waals surface area contributed by atoms with Gasteiger partial charge in [-0.05, 0) is 64.2 Å². The molecule has 0 bridgehead atoms. The molecule has 2 unspecified atom stereocenters. The minimum absolute atomic E-state index is 0.146. The maximum absolute atomic E-state index is 12.8. The molecule has 2 atom stereocenters. The maximum Gasteiger partial charge on any atom is 0.306 e. The normalized spacial score (nSPS) is 12.9. The Morgan fingerprint density at radius 3 is 1.12 bits per heavy atom. The van der Waals surface area contributed by atoms with Crippen molar-refractivity contribution < 1.29 is 42.9 Å². The molecule has 0 spiro atoms. The quantitative estimate of drug-likeness (QED) is 0.0195. The maximum atomic E-state index is 12.8. The Kier molecular flexibility index (Phi) is 54.8. The molecule has 0 aliphatic heterocycles. The van der Waals surface area contributed by atoms with E-state index in [9.17, 15) is 19.5 Å². The lowest BCUT2D eigenvalue weighted by Gasteiger charge is -2.26. The van der Waals surface area contributed by atoms with Gasteiger partial charge < -0.3 is 33.3 Å². The van der Waals surface area contributed by atoms with Crippen molar-refractivity contribution in [1.29, 1.82) is 0 Å². The van der Waals surface area contributed by atoms with E-state index < -0.39 is 24.3 Å². The number of rotatable bonds is 59. The number of ether oxygens (including phenoxy) is 4. The SMILES string of the molecule is CCCC/C=C\C/C=C\CCCCCCCC(=O)OC(COC(=O)CCCCCCCCCCCCCCCCCCCCCCCCC/C=C\CCCCCCCCCC)COC(OCC[N+](C)(C)C)C(=O)[O-]. The van der Waals surface area contributed by atoms with E-state index in [-0.39, 0.29) is 32.2 Å². The fraction of sp³-hybridized carbons (Fsp3) is 0.862. The summed E-state index contributed by atoms with van der Waals surface area (Å²) in [6.45, 7) is 4.72. The van der Waals surface area contributed by atoms with Gasteiger partial charge in [0.25, 0.3) is 0 Å². The number of quaternary nitrogens is 1. The van der Waals surface area contributed by atoms with Gasteiger partial charge in [-0.3, -0.25) is 9.59 Å². The van der Waals surface area contributed by atoms with Crippen LogP contribution in [0.25, 0.3) is 0 Å². The van der Waals surface area contributed by atoms with Crippen LogP contribution in [0.2, 0.25) is 0 Å². The number of unbranched alkanes of at least 4 members (excludes halogenated alkanes) is 38. The summed E-state index contributed by atoms with van der Waals surface area (Å²) in [6.07, 6.45) is 66.6. The highest BCUT2D eigenvalue weighted by Gasteiger charge is 2.22. The predicted molar refractivity (Wildman–Crippen MR) is 311 cm³/mol. The average molecular weight is 1040 g/mol. The van der Waals surface area contributed by atoms with Crippen molar-refractivity contribution >= 4 is 17.9 Å². The minimum atomic E-state index is -1.62. The van der Waals surface area contributed by atoms with E-state index in [0.29, 0.717) is 23.9 Å². The zero-order valence-electron chi connectivity index (χ0n) is 49.5. The molecule has 0 aromatic carbocycles. The van der Waals surface area contributed by atoms with Crippen LogP contribution in [0.4, 0.5) is 0 Å². The highest BCUT2D eigenvalue weighted by atomic mass is 16.7. The van der Waals surface area contributed by atoms with Crippen molar-refractivity contribution in [2.75, 3.05) is 47.5 Å². The molecule has 0 aromatic rings. The molecule has 0 aliphatic carbocycles. The van der Waals surface area contributed by atoms with Crippen LogP contribution in [0.3, 0.4) is 0 Å². The Morgan fingerprint density at radius 2 is 0.743 bits per heavy atom. The smallest absolute Gasteiger partial charge is 0.306 e. The molecule has 0 saturated carbocycles. The van der Waals surface area contributed by atoms with Gasteiger partial charge in [0.1, 0.15) is 13.2 Å². The molecule has 0 aromatic heterocycles. The molecule has 0 amide bonds. The third-order valence-corrected chi connectivity index (χ3v) is 14.1. The largest absolute Gasteiger partial charge is 0.545 e. The van der Waals surface area contributed by atoms with Crippen LogP contribution in [0.1, 0.15) is 303 Å². The zero-order chi connectivity index (χ0) is 54.1. The van der Waals surface area contributed by atoms with Crippen LogP contribution in [0.5, 0.6) is 0 Å². The van der Waals surface area contributed by atoms with E-state index in [1.807, 2.05) is 21.1 Å². The Morgan fingerprint density at radius 1 is 0.405 bits per heavy atom. The van der Waals surface area contributed by atoms with Gasteiger partial charge >= 0.3 is 11.9 Å². The molecule has 9 heteroatoms. The fourth-order valence-electron chi connectivity index (χ4n) is 9.20. The van der Waals surface area contributed by atoms with Gasteiger partial charge in [-0.15, -0.1) is 0 Å². The number of aliphatic carboxylic acids is 1.